The number of rotatable bonds is 14. The second-order valence-electron chi connectivity index (χ2n) is 11.0. The minimum absolute atomic E-state index is 0.111. The van der Waals surface area contributed by atoms with Crippen LogP contribution in [0.2, 0.25) is 5.02 Å². The van der Waals surface area contributed by atoms with Crippen LogP contribution in [0, 0.1) is 5.82 Å². The number of hydrogen-bond donors (Lipinski definition) is 1. The molecule has 9 nitrogen and oxygen atoms in total. The molecule has 0 radical (unpaired) electrons. The van der Waals surface area contributed by atoms with Crippen molar-refractivity contribution in [1.82, 2.24) is 19.9 Å². The van der Waals surface area contributed by atoms with Crippen LogP contribution < -0.4 is 20.3 Å². The number of ether oxygens (including phenoxy) is 3. The lowest BCUT2D eigenvalue weighted by atomic mass is 10.0. The maximum absolute atomic E-state index is 13.6. The normalized spacial score (nSPS) is 11.2. The highest BCUT2D eigenvalue weighted by Gasteiger charge is 2.22. The highest BCUT2D eigenvalue weighted by atomic mass is 35.5. The number of nitrogens with one attached hydrogen (secondary N) is 1. The van der Waals surface area contributed by atoms with Crippen LogP contribution in [0.25, 0.3) is 26.5 Å². The van der Waals surface area contributed by atoms with Crippen molar-refractivity contribution < 1.29 is 23.4 Å². The molecule has 0 saturated heterocycles. The van der Waals surface area contributed by atoms with E-state index in [1.165, 1.54) is 46.4 Å². The summed E-state index contributed by atoms with van der Waals surface area (Å²) in [6, 6.07) is 19.8. The number of aromatic nitrogens is 3. The topological polar surface area (TPSA) is 105 Å². The fourth-order valence-electron chi connectivity index (χ4n) is 5.18. The Labute approximate surface area is 290 Å². The zero-order valence-electron chi connectivity index (χ0n) is 26.7. The van der Waals surface area contributed by atoms with E-state index < -0.39 is 17.2 Å². The average Bonchev–Trinajstić information content (AvgIpc) is 3.55. The second kappa shape index (κ2) is 15.5. The van der Waals surface area contributed by atoms with Crippen LogP contribution in [0.1, 0.15) is 28.4 Å². The Bertz CT molecular complexity index is 2150. The zero-order valence-corrected chi connectivity index (χ0v) is 28.3. The number of halogens is 2. The van der Waals surface area contributed by atoms with Crippen molar-refractivity contribution in [1.29, 1.82) is 0 Å². The molecule has 0 unspecified atom stereocenters. The van der Waals surface area contributed by atoms with Crippen molar-refractivity contribution in [2.45, 2.75) is 19.9 Å². The Balaban J connectivity index is 1.19. The summed E-state index contributed by atoms with van der Waals surface area (Å²) < 4.78 is 32.6. The largest absolute Gasteiger partial charge is 0.493 e. The molecule has 0 spiro atoms. The molecule has 0 fully saturated rings. The molecule has 0 bridgehead atoms. The van der Waals surface area contributed by atoms with Gasteiger partial charge in [-0.15, -0.1) is 11.3 Å². The average molecular weight is 699 g/mol. The Morgan fingerprint density at radius 2 is 1.86 bits per heavy atom. The molecule has 0 atom stereocenters. The van der Waals surface area contributed by atoms with Crippen LogP contribution in [0.5, 0.6) is 17.2 Å². The van der Waals surface area contributed by atoms with E-state index in [9.17, 15) is 14.0 Å². The number of benzene rings is 2. The third kappa shape index (κ3) is 7.87. The summed E-state index contributed by atoms with van der Waals surface area (Å²) in [6.07, 6.45) is 4.89. The minimum atomic E-state index is -0.572. The van der Waals surface area contributed by atoms with Gasteiger partial charge in [0.15, 0.2) is 5.78 Å². The fourth-order valence-corrected chi connectivity index (χ4v) is 6.46. The van der Waals surface area contributed by atoms with Gasteiger partial charge < -0.3 is 19.5 Å². The Hall–Kier alpha value is -4.94. The van der Waals surface area contributed by atoms with Crippen molar-refractivity contribution in [3.8, 4) is 33.5 Å². The summed E-state index contributed by atoms with van der Waals surface area (Å²) in [4.78, 5) is 37.2. The van der Waals surface area contributed by atoms with Crippen LogP contribution >= 0.6 is 22.9 Å². The van der Waals surface area contributed by atoms with Gasteiger partial charge in [-0.3, -0.25) is 24.1 Å². The summed E-state index contributed by atoms with van der Waals surface area (Å²) >= 11 is 8.19. The lowest BCUT2D eigenvalue weighted by molar-refractivity contribution is 0.0987. The molecule has 6 aromatic rings. The molecule has 6 rings (SSSR count). The van der Waals surface area contributed by atoms with Crippen LogP contribution in [0.15, 0.2) is 96.2 Å². The van der Waals surface area contributed by atoms with E-state index in [-0.39, 0.29) is 24.3 Å². The summed E-state index contributed by atoms with van der Waals surface area (Å²) in [7, 11) is 1.68. The molecule has 2 aromatic carbocycles. The maximum Gasteiger partial charge on any atom is 0.269 e. The van der Waals surface area contributed by atoms with Gasteiger partial charge in [0, 0.05) is 62.0 Å². The molecule has 4 aromatic heterocycles. The number of carbonyl (C=O) groups excluding carboxylic acids is 1. The van der Waals surface area contributed by atoms with Crippen LogP contribution in [0.4, 0.5) is 4.39 Å². The molecule has 0 amide bonds. The number of ketones is 1. The first kappa shape index (κ1) is 33.9. The van der Waals surface area contributed by atoms with Gasteiger partial charge in [0.1, 0.15) is 28.6 Å². The Morgan fingerprint density at radius 1 is 1.02 bits per heavy atom. The SMILES string of the molecule is CCOc1ccn(-c2ccc(F)cc2)c(=O)c1C(=O)Cc1ccc(Oc2ccnc3cc(-c4ccc(CNCCOC)cn4)sc23)cc1Cl. The van der Waals surface area contributed by atoms with E-state index in [2.05, 4.69) is 15.3 Å². The van der Waals surface area contributed by atoms with E-state index in [1.54, 1.807) is 50.6 Å². The zero-order chi connectivity index (χ0) is 34.3. The smallest absolute Gasteiger partial charge is 0.269 e. The molecule has 1 N–H and O–H groups in total. The van der Waals surface area contributed by atoms with Crippen molar-refractivity contribution in [3.63, 3.8) is 0 Å². The van der Waals surface area contributed by atoms with Crippen molar-refractivity contribution >= 4 is 38.9 Å². The molecular weight excluding hydrogens is 667 g/mol. The van der Waals surface area contributed by atoms with Crippen LogP contribution in [-0.4, -0.2) is 47.2 Å². The standard InChI is InChI=1S/C37H32ClFN4O5S/c1-3-47-32-13-16-43(26-8-6-25(39)7-9-26)37(45)35(32)31(44)18-24-5-10-27(19-28(24)38)48-33-12-14-41-30-20-34(49-36(30)33)29-11-4-23(22-42-29)21-40-15-17-46-2/h4-14,16,19-20,22,40H,3,15,17-18,21H2,1-2H3. The lowest BCUT2D eigenvalue weighted by Crippen LogP contribution is -2.27. The maximum atomic E-state index is 13.6. The monoisotopic (exact) mass is 698 g/mol. The second-order valence-corrected chi connectivity index (χ2v) is 12.4. The van der Waals surface area contributed by atoms with Gasteiger partial charge in [0.05, 0.1) is 34.0 Å². The van der Waals surface area contributed by atoms with E-state index in [1.807, 2.05) is 24.4 Å². The van der Waals surface area contributed by atoms with E-state index in [0.717, 1.165) is 32.9 Å². The summed E-state index contributed by atoms with van der Waals surface area (Å²) in [5, 5.41) is 3.62. The van der Waals surface area contributed by atoms with E-state index in [4.69, 9.17) is 25.8 Å². The third-order valence-electron chi connectivity index (χ3n) is 7.61. The van der Waals surface area contributed by atoms with Gasteiger partial charge in [-0.1, -0.05) is 23.7 Å². The minimum Gasteiger partial charge on any atom is -0.493 e. The molecule has 0 aliphatic heterocycles. The molecule has 49 heavy (non-hydrogen) atoms. The molecule has 4 heterocycles. The molecule has 0 saturated carbocycles. The quantitative estimate of drug-likeness (QED) is 0.0914. The first-order valence-electron chi connectivity index (χ1n) is 15.5. The van der Waals surface area contributed by atoms with Gasteiger partial charge in [-0.2, -0.15) is 0 Å². The van der Waals surface area contributed by atoms with E-state index in [0.29, 0.717) is 40.9 Å². The summed E-state index contributed by atoms with van der Waals surface area (Å²) in [5.41, 5.74) is 2.93. The molecule has 0 aliphatic carbocycles. The number of methoxy groups -OCH3 is 1. The number of thiophene rings is 1. The van der Waals surface area contributed by atoms with Crippen molar-refractivity contribution in [2.75, 3.05) is 26.9 Å². The Morgan fingerprint density at radius 3 is 2.59 bits per heavy atom. The van der Waals surface area contributed by atoms with Gasteiger partial charge >= 0.3 is 0 Å². The lowest BCUT2D eigenvalue weighted by Gasteiger charge is -2.13. The van der Waals surface area contributed by atoms with Gasteiger partial charge in [-0.05, 0) is 72.6 Å². The first-order valence-corrected chi connectivity index (χ1v) is 16.7. The van der Waals surface area contributed by atoms with Gasteiger partial charge in [0.25, 0.3) is 5.56 Å². The van der Waals surface area contributed by atoms with Crippen LogP contribution in [-0.2, 0) is 17.7 Å². The first-order chi connectivity index (χ1) is 23.8. The predicted octanol–water partition coefficient (Wildman–Crippen LogP) is 7.65. The number of carbonyl (C=O) groups is 1. The third-order valence-corrected chi connectivity index (χ3v) is 9.12. The van der Waals surface area contributed by atoms with Gasteiger partial charge in [-0.25, -0.2) is 4.39 Å². The number of fused-ring (bicyclic) bond motifs is 1. The highest BCUT2D eigenvalue weighted by Crippen LogP contribution is 2.39. The molecular formula is C37H32ClFN4O5S. The van der Waals surface area contributed by atoms with Crippen LogP contribution in [0.3, 0.4) is 0 Å². The number of Topliss-reactive ketones (excluding diaryl/α,β-unsaturated/α-hetero) is 1. The van der Waals surface area contributed by atoms with Crippen molar-refractivity contribution in [2.24, 2.45) is 0 Å². The predicted molar refractivity (Wildman–Crippen MR) is 189 cm³/mol. The Kier molecular flexibility index (Phi) is 10.8. The van der Waals surface area contributed by atoms with E-state index >= 15 is 0 Å². The highest BCUT2D eigenvalue weighted by molar-refractivity contribution is 7.22. The number of nitrogens with zero attached hydrogens (tertiary/aromatic N) is 3. The number of hydrogen-bond acceptors (Lipinski definition) is 9. The van der Waals surface area contributed by atoms with Crippen molar-refractivity contribution in [3.05, 3.63) is 129 Å². The molecule has 250 valence electrons. The van der Waals surface area contributed by atoms with Gasteiger partial charge in [0.2, 0.25) is 0 Å². The molecule has 12 heteroatoms. The summed E-state index contributed by atoms with van der Waals surface area (Å²) in [6.45, 7) is 4.14. The number of pyridine rings is 3. The summed E-state index contributed by atoms with van der Waals surface area (Å²) in [5.74, 6) is 0.347. The molecule has 0 aliphatic rings. The fraction of sp³-hybridized carbons (Fsp3) is 0.189.